The highest BCUT2D eigenvalue weighted by molar-refractivity contribution is 5.43. The summed E-state index contributed by atoms with van der Waals surface area (Å²) in [6.45, 7) is 6.95. The van der Waals surface area contributed by atoms with Crippen LogP contribution in [0.4, 0.5) is 0 Å². The van der Waals surface area contributed by atoms with Gasteiger partial charge < -0.3 is 4.74 Å². The van der Waals surface area contributed by atoms with Crippen molar-refractivity contribution >= 4 is 0 Å². The van der Waals surface area contributed by atoms with Gasteiger partial charge in [-0.1, -0.05) is 32.0 Å². The minimum atomic E-state index is 0.112. The van der Waals surface area contributed by atoms with Gasteiger partial charge in [0.15, 0.2) is 6.23 Å². The standard InChI is InChI=1S/C14H19NO/c1-14(2)11-7-3-4-8-12(11)16-13(14)15-9-5-6-10-15/h3-4,7-8,13H,5-6,9-10H2,1-2H3. The zero-order chi connectivity index (χ0) is 11.2. The Hall–Kier alpha value is -1.02. The highest BCUT2D eigenvalue weighted by Gasteiger charge is 2.45. The van der Waals surface area contributed by atoms with Crippen molar-refractivity contribution in [3.63, 3.8) is 0 Å². The minimum absolute atomic E-state index is 0.112. The second kappa shape index (κ2) is 3.49. The maximum Gasteiger partial charge on any atom is 0.162 e. The number of benzene rings is 1. The Morgan fingerprint density at radius 1 is 1.19 bits per heavy atom. The van der Waals surface area contributed by atoms with Crippen LogP contribution in [0.25, 0.3) is 0 Å². The van der Waals surface area contributed by atoms with E-state index < -0.39 is 0 Å². The van der Waals surface area contributed by atoms with Crippen LogP contribution in [0.3, 0.4) is 0 Å². The highest BCUT2D eigenvalue weighted by Crippen LogP contribution is 2.44. The van der Waals surface area contributed by atoms with Crippen LogP contribution in [0.5, 0.6) is 5.75 Å². The molecule has 0 amide bonds. The van der Waals surface area contributed by atoms with E-state index in [2.05, 4.69) is 43.0 Å². The second-order valence-electron chi connectivity index (χ2n) is 5.43. The predicted octanol–water partition coefficient (Wildman–Crippen LogP) is 2.78. The van der Waals surface area contributed by atoms with E-state index in [1.165, 1.54) is 31.5 Å². The molecule has 0 radical (unpaired) electrons. The Balaban J connectivity index is 1.95. The number of fused-ring (bicyclic) bond motifs is 1. The Bertz CT molecular complexity index is 393. The molecular formula is C14H19NO. The van der Waals surface area contributed by atoms with Crippen LogP contribution in [-0.2, 0) is 5.41 Å². The summed E-state index contributed by atoms with van der Waals surface area (Å²) in [6, 6.07) is 8.45. The third-order valence-corrected chi connectivity index (χ3v) is 3.91. The fraction of sp³-hybridized carbons (Fsp3) is 0.571. The largest absolute Gasteiger partial charge is 0.474 e. The van der Waals surface area contributed by atoms with Crippen molar-refractivity contribution in [3.8, 4) is 5.75 Å². The number of hydrogen-bond acceptors (Lipinski definition) is 2. The van der Waals surface area contributed by atoms with Gasteiger partial charge >= 0.3 is 0 Å². The molecule has 3 rings (SSSR count). The van der Waals surface area contributed by atoms with Crippen molar-refractivity contribution < 1.29 is 4.74 Å². The van der Waals surface area contributed by atoms with E-state index in [0.29, 0.717) is 0 Å². The molecular weight excluding hydrogens is 198 g/mol. The molecule has 86 valence electrons. The van der Waals surface area contributed by atoms with E-state index in [1.54, 1.807) is 0 Å². The predicted molar refractivity (Wildman–Crippen MR) is 64.7 cm³/mol. The van der Waals surface area contributed by atoms with Crippen LogP contribution in [-0.4, -0.2) is 24.2 Å². The average Bonchev–Trinajstić information content (AvgIpc) is 2.86. The first-order valence-electron chi connectivity index (χ1n) is 6.20. The van der Waals surface area contributed by atoms with Crippen molar-refractivity contribution in [3.05, 3.63) is 29.8 Å². The summed E-state index contributed by atoms with van der Waals surface area (Å²) in [6.07, 6.45) is 2.85. The first-order chi connectivity index (χ1) is 7.69. The van der Waals surface area contributed by atoms with E-state index in [4.69, 9.17) is 4.74 Å². The molecule has 2 heteroatoms. The molecule has 2 aliphatic rings. The van der Waals surface area contributed by atoms with Crippen LogP contribution in [0.2, 0.25) is 0 Å². The van der Waals surface area contributed by atoms with Gasteiger partial charge in [-0.05, 0) is 18.9 Å². The molecule has 0 N–H and O–H groups in total. The van der Waals surface area contributed by atoms with E-state index >= 15 is 0 Å². The molecule has 16 heavy (non-hydrogen) atoms. The van der Waals surface area contributed by atoms with E-state index in [0.717, 1.165) is 5.75 Å². The molecule has 0 bridgehead atoms. The fourth-order valence-corrected chi connectivity index (χ4v) is 3.01. The van der Waals surface area contributed by atoms with Crippen molar-refractivity contribution in [2.45, 2.75) is 38.3 Å². The topological polar surface area (TPSA) is 12.5 Å². The zero-order valence-corrected chi connectivity index (χ0v) is 10.1. The summed E-state index contributed by atoms with van der Waals surface area (Å²) in [4.78, 5) is 2.49. The Morgan fingerprint density at radius 2 is 1.88 bits per heavy atom. The minimum Gasteiger partial charge on any atom is -0.474 e. The summed E-state index contributed by atoms with van der Waals surface area (Å²) in [5, 5.41) is 0. The van der Waals surface area contributed by atoms with Crippen LogP contribution >= 0.6 is 0 Å². The molecule has 1 aromatic rings. The molecule has 1 atom stereocenters. The number of rotatable bonds is 1. The number of nitrogens with zero attached hydrogens (tertiary/aromatic N) is 1. The number of para-hydroxylation sites is 1. The summed E-state index contributed by atoms with van der Waals surface area (Å²) in [5.41, 5.74) is 1.47. The molecule has 0 aromatic heterocycles. The molecule has 1 fully saturated rings. The second-order valence-corrected chi connectivity index (χ2v) is 5.43. The van der Waals surface area contributed by atoms with Gasteiger partial charge in [-0.2, -0.15) is 0 Å². The number of hydrogen-bond donors (Lipinski definition) is 0. The highest BCUT2D eigenvalue weighted by atomic mass is 16.5. The maximum atomic E-state index is 6.13. The van der Waals surface area contributed by atoms with Gasteiger partial charge in [0.25, 0.3) is 0 Å². The van der Waals surface area contributed by atoms with Crippen LogP contribution < -0.4 is 4.74 Å². The Labute approximate surface area is 97.2 Å². The molecule has 0 saturated carbocycles. The summed E-state index contributed by atoms with van der Waals surface area (Å²) >= 11 is 0. The number of likely N-dealkylation sites (tertiary alicyclic amines) is 1. The smallest absolute Gasteiger partial charge is 0.162 e. The lowest BCUT2D eigenvalue weighted by atomic mass is 9.84. The summed E-state index contributed by atoms with van der Waals surface area (Å²) < 4.78 is 6.13. The van der Waals surface area contributed by atoms with Gasteiger partial charge in [-0.15, -0.1) is 0 Å². The van der Waals surface area contributed by atoms with E-state index in [-0.39, 0.29) is 11.6 Å². The van der Waals surface area contributed by atoms with Gasteiger partial charge in [0.2, 0.25) is 0 Å². The molecule has 2 aliphatic heterocycles. The number of ether oxygens (including phenoxy) is 1. The van der Waals surface area contributed by atoms with Crippen molar-refractivity contribution in [1.82, 2.24) is 4.90 Å². The third-order valence-electron chi connectivity index (χ3n) is 3.91. The van der Waals surface area contributed by atoms with Crippen molar-refractivity contribution in [1.29, 1.82) is 0 Å². The lowest BCUT2D eigenvalue weighted by molar-refractivity contribution is 0.0143. The van der Waals surface area contributed by atoms with Gasteiger partial charge in [0.1, 0.15) is 5.75 Å². The molecule has 2 nitrogen and oxygen atoms in total. The van der Waals surface area contributed by atoms with Gasteiger partial charge in [-0.3, -0.25) is 4.90 Å². The average molecular weight is 217 g/mol. The normalized spacial score (nSPS) is 27.8. The first-order valence-corrected chi connectivity index (χ1v) is 6.20. The molecule has 0 spiro atoms. The lowest BCUT2D eigenvalue weighted by Crippen LogP contribution is -2.46. The zero-order valence-electron chi connectivity index (χ0n) is 10.1. The monoisotopic (exact) mass is 217 g/mol. The molecule has 1 saturated heterocycles. The van der Waals surface area contributed by atoms with E-state index in [9.17, 15) is 0 Å². The quantitative estimate of drug-likeness (QED) is 0.717. The van der Waals surface area contributed by atoms with E-state index in [1.807, 2.05) is 0 Å². The van der Waals surface area contributed by atoms with Crippen LogP contribution in [0, 0.1) is 0 Å². The third kappa shape index (κ3) is 1.36. The maximum absolute atomic E-state index is 6.13. The van der Waals surface area contributed by atoms with Gasteiger partial charge in [-0.25, -0.2) is 0 Å². The van der Waals surface area contributed by atoms with Crippen molar-refractivity contribution in [2.24, 2.45) is 0 Å². The lowest BCUT2D eigenvalue weighted by Gasteiger charge is -2.33. The molecule has 1 unspecified atom stereocenters. The molecule has 0 aliphatic carbocycles. The Morgan fingerprint density at radius 3 is 2.56 bits per heavy atom. The Kier molecular flexibility index (Phi) is 2.21. The van der Waals surface area contributed by atoms with Crippen molar-refractivity contribution in [2.75, 3.05) is 13.1 Å². The first kappa shape index (κ1) is 10.2. The molecule has 1 aromatic carbocycles. The van der Waals surface area contributed by atoms with Crippen LogP contribution in [0.15, 0.2) is 24.3 Å². The van der Waals surface area contributed by atoms with Gasteiger partial charge in [0.05, 0.1) is 0 Å². The molecule has 2 heterocycles. The fourth-order valence-electron chi connectivity index (χ4n) is 3.01. The van der Waals surface area contributed by atoms with Gasteiger partial charge in [0, 0.05) is 24.1 Å². The summed E-state index contributed by atoms with van der Waals surface area (Å²) in [5.74, 6) is 1.07. The summed E-state index contributed by atoms with van der Waals surface area (Å²) in [7, 11) is 0. The SMILES string of the molecule is CC1(C)c2ccccc2OC1N1CCCC1. The van der Waals surface area contributed by atoms with Crippen LogP contribution in [0.1, 0.15) is 32.3 Å².